The molecule has 100 valence electrons. The van der Waals surface area contributed by atoms with Crippen LogP contribution in [-0.4, -0.2) is 0 Å². The summed E-state index contributed by atoms with van der Waals surface area (Å²) in [5, 5.41) is -0.355. The molecule has 0 N–H and O–H groups in total. The van der Waals surface area contributed by atoms with Gasteiger partial charge >= 0.3 is 0 Å². The summed E-state index contributed by atoms with van der Waals surface area (Å²) in [6, 6.07) is 13.1. The molecule has 0 saturated heterocycles. The van der Waals surface area contributed by atoms with Crippen molar-refractivity contribution >= 4 is 27.5 Å². The zero-order valence-electron chi connectivity index (χ0n) is 10.8. The van der Waals surface area contributed by atoms with Crippen LogP contribution >= 0.6 is 27.5 Å². The predicted octanol–water partition coefficient (Wildman–Crippen LogP) is 6.04. The molecule has 0 nitrogen and oxygen atoms in total. The van der Waals surface area contributed by atoms with Crippen molar-refractivity contribution in [2.24, 2.45) is 0 Å². The summed E-state index contributed by atoms with van der Waals surface area (Å²) in [5.74, 6) is 0.200. The van der Waals surface area contributed by atoms with E-state index in [0.717, 1.165) is 11.1 Å². The lowest BCUT2D eigenvalue weighted by Crippen LogP contribution is -1.97. The molecule has 0 aromatic heterocycles. The molecule has 1 atom stereocenters. The Morgan fingerprint density at radius 1 is 1.00 bits per heavy atom. The Labute approximate surface area is 126 Å². The normalized spacial score (nSPS) is 12.7. The third-order valence-corrected chi connectivity index (χ3v) is 4.47. The second kappa shape index (κ2) is 6.06. The van der Waals surface area contributed by atoms with Gasteiger partial charge in [0.25, 0.3) is 0 Å². The molecule has 0 heterocycles. The summed E-state index contributed by atoms with van der Waals surface area (Å²) in [5.41, 5.74) is 2.99. The molecule has 0 bridgehead atoms. The van der Waals surface area contributed by atoms with Crippen molar-refractivity contribution in [1.82, 2.24) is 0 Å². The van der Waals surface area contributed by atoms with Gasteiger partial charge in [0, 0.05) is 0 Å². The van der Waals surface area contributed by atoms with Gasteiger partial charge in [0.2, 0.25) is 0 Å². The van der Waals surface area contributed by atoms with E-state index in [1.54, 1.807) is 6.07 Å². The molecule has 0 radical (unpaired) electrons. The molecule has 19 heavy (non-hydrogen) atoms. The minimum Gasteiger partial charge on any atom is -0.206 e. The van der Waals surface area contributed by atoms with E-state index in [9.17, 15) is 4.39 Å². The van der Waals surface area contributed by atoms with E-state index in [2.05, 4.69) is 41.9 Å². The Kier molecular flexibility index (Phi) is 4.64. The minimum absolute atomic E-state index is 0.290. The van der Waals surface area contributed by atoms with Gasteiger partial charge in [-0.1, -0.05) is 50.2 Å². The molecule has 0 spiro atoms. The maximum Gasteiger partial charge on any atom is 0.137 e. The Balaban J connectivity index is 2.33. The standard InChI is InChI=1S/C16H15BrClF/c1-10(2)11-6-8-12(9-7-11)16(18)13-4-3-5-14(19)15(13)17/h3-10,16H,1-2H3. The average molecular weight is 342 g/mol. The maximum atomic E-state index is 13.5. The molecule has 2 aromatic rings. The van der Waals surface area contributed by atoms with Gasteiger partial charge in [-0.3, -0.25) is 0 Å². The van der Waals surface area contributed by atoms with Gasteiger partial charge < -0.3 is 0 Å². The Morgan fingerprint density at radius 3 is 2.16 bits per heavy atom. The highest BCUT2D eigenvalue weighted by Gasteiger charge is 2.16. The molecule has 0 saturated carbocycles. The van der Waals surface area contributed by atoms with Gasteiger partial charge in [0.15, 0.2) is 0 Å². The second-order valence-electron chi connectivity index (χ2n) is 4.83. The number of alkyl halides is 1. The Bertz CT molecular complexity index is 563. The van der Waals surface area contributed by atoms with Gasteiger partial charge in [-0.25, -0.2) is 4.39 Å². The van der Waals surface area contributed by atoms with E-state index in [1.165, 1.54) is 11.6 Å². The second-order valence-corrected chi connectivity index (χ2v) is 6.06. The lowest BCUT2D eigenvalue weighted by atomic mass is 9.98. The number of benzene rings is 2. The van der Waals surface area contributed by atoms with Crippen LogP contribution in [0.25, 0.3) is 0 Å². The highest BCUT2D eigenvalue weighted by Crippen LogP contribution is 2.35. The average Bonchev–Trinajstić information content (AvgIpc) is 2.41. The van der Waals surface area contributed by atoms with Crippen LogP contribution in [0.5, 0.6) is 0 Å². The number of hydrogen-bond donors (Lipinski definition) is 0. The molecule has 0 aliphatic heterocycles. The van der Waals surface area contributed by atoms with E-state index in [1.807, 2.05) is 18.2 Å². The Morgan fingerprint density at radius 2 is 1.58 bits per heavy atom. The first-order valence-electron chi connectivity index (χ1n) is 6.18. The van der Waals surface area contributed by atoms with Crippen molar-refractivity contribution in [3.8, 4) is 0 Å². The smallest absolute Gasteiger partial charge is 0.137 e. The Hall–Kier alpha value is -0.860. The molecule has 0 fully saturated rings. The molecule has 3 heteroatoms. The third-order valence-electron chi connectivity index (χ3n) is 3.15. The zero-order valence-corrected chi connectivity index (χ0v) is 13.2. The molecule has 2 rings (SSSR count). The van der Waals surface area contributed by atoms with Crippen LogP contribution in [-0.2, 0) is 0 Å². The lowest BCUT2D eigenvalue weighted by molar-refractivity contribution is 0.618. The molecular weight excluding hydrogens is 327 g/mol. The van der Waals surface area contributed by atoms with Crippen molar-refractivity contribution in [1.29, 1.82) is 0 Å². The van der Waals surface area contributed by atoms with E-state index in [4.69, 9.17) is 11.6 Å². The maximum absolute atomic E-state index is 13.5. The van der Waals surface area contributed by atoms with E-state index in [-0.39, 0.29) is 11.2 Å². The number of hydrogen-bond acceptors (Lipinski definition) is 0. The number of rotatable bonds is 3. The summed E-state index contributed by atoms with van der Waals surface area (Å²) in [6.07, 6.45) is 0. The van der Waals surface area contributed by atoms with Crippen LogP contribution in [0.1, 0.15) is 41.8 Å². The number of halogens is 3. The van der Waals surface area contributed by atoms with Crippen LogP contribution < -0.4 is 0 Å². The van der Waals surface area contributed by atoms with Gasteiger partial charge in [-0.05, 0) is 44.6 Å². The SMILES string of the molecule is CC(C)c1ccc(C(Cl)c2cccc(F)c2Br)cc1. The minimum atomic E-state index is -0.355. The quantitative estimate of drug-likeness (QED) is 0.597. The molecule has 0 amide bonds. The van der Waals surface area contributed by atoms with Gasteiger partial charge in [0.05, 0.1) is 9.85 Å². The van der Waals surface area contributed by atoms with Crippen molar-refractivity contribution in [3.05, 3.63) is 69.4 Å². The first-order valence-corrected chi connectivity index (χ1v) is 7.41. The fourth-order valence-electron chi connectivity index (χ4n) is 1.95. The summed E-state index contributed by atoms with van der Waals surface area (Å²) in [4.78, 5) is 0. The van der Waals surface area contributed by atoms with Gasteiger partial charge in [-0.15, -0.1) is 11.6 Å². The lowest BCUT2D eigenvalue weighted by Gasteiger charge is -2.14. The third kappa shape index (κ3) is 3.18. The summed E-state index contributed by atoms with van der Waals surface area (Å²) in [7, 11) is 0. The van der Waals surface area contributed by atoms with Crippen molar-refractivity contribution in [2.75, 3.05) is 0 Å². The monoisotopic (exact) mass is 340 g/mol. The van der Waals surface area contributed by atoms with E-state index < -0.39 is 0 Å². The molecular formula is C16H15BrClF. The molecule has 0 aliphatic carbocycles. The molecule has 1 unspecified atom stereocenters. The molecule has 2 aromatic carbocycles. The first-order chi connectivity index (χ1) is 9.00. The van der Waals surface area contributed by atoms with Crippen LogP contribution in [0.15, 0.2) is 46.9 Å². The summed E-state index contributed by atoms with van der Waals surface area (Å²) < 4.78 is 14.0. The predicted molar refractivity (Wildman–Crippen MR) is 82.3 cm³/mol. The zero-order chi connectivity index (χ0) is 14.0. The van der Waals surface area contributed by atoms with Crippen molar-refractivity contribution < 1.29 is 4.39 Å². The highest BCUT2D eigenvalue weighted by molar-refractivity contribution is 9.10. The first kappa shape index (κ1) is 14.5. The van der Waals surface area contributed by atoms with Crippen molar-refractivity contribution in [3.63, 3.8) is 0 Å². The van der Waals surface area contributed by atoms with Crippen LogP contribution in [0.4, 0.5) is 4.39 Å². The van der Waals surface area contributed by atoms with Crippen LogP contribution in [0.2, 0.25) is 0 Å². The van der Waals surface area contributed by atoms with Gasteiger partial charge in [0.1, 0.15) is 5.82 Å². The van der Waals surface area contributed by atoms with E-state index in [0.29, 0.717) is 10.4 Å². The van der Waals surface area contributed by atoms with Crippen molar-refractivity contribution in [2.45, 2.75) is 25.1 Å². The summed E-state index contributed by atoms with van der Waals surface area (Å²) >= 11 is 9.70. The topological polar surface area (TPSA) is 0 Å². The summed E-state index contributed by atoms with van der Waals surface area (Å²) in [6.45, 7) is 4.30. The fourth-order valence-corrected chi connectivity index (χ4v) is 2.90. The van der Waals surface area contributed by atoms with Gasteiger partial charge in [-0.2, -0.15) is 0 Å². The fraction of sp³-hybridized carbons (Fsp3) is 0.250. The van der Waals surface area contributed by atoms with Crippen LogP contribution in [0.3, 0.4) is 0 Å². The molecule has 0 aliphatic rings. The highest BCUT2D eigenvalue weighted by atomic mass is 79.9. The van der Waals surface area contributed by atoms with Crippen LogP contribution in [0, 0.1) is 5.82 Å². The largest absolute Gasteiger partial charge is 0.206 e. The van der Waals surface area contributed by atoms with E-state index >= 15 is 0 Å².